The second kappa shape index (κ2) is 6.99. The van der Waals surface area contributed by atoms with Gasteiger partial charge in [0, 0.05) is 13.1 Å². The van der Waals surface area contributed by atoms with Crippen molar-refractivity contribution in [1.29, 1.82) is 0 Å². The molecule has 0 aliphatic heterocycles. The maximum Gasteiger partial charge on any atom is 0.373 e. The van der Waals surface area contributed by atoms with Crippen LogP contribution in [0.25, 0.3) is 0 Å². The molecule has 0 saturated carbocycles. The molecule has 1 heterocycles. The lowest BCUT2D eigenvalue weighted by Gasteiger charge is -2.22. The fraction of sp³-hybridized carbons (Fsp3) is 0.143. The number of carbonyl (C=O) groups is 1. The van der Waals surface area contributed by atoms with E-state index in [0.29, 0.717) is 13.1 Å². The predicted molar refractivity (Wildman–Crippen MR) is 77.5 cm³/mol. The van der Waals surface area contributed by atoms with Crippen molar-refractivity contribution in [2.75, 3.05) is 6.54 Å². The van der Waals surface area contributed by atoms with Crippen molar-refractivity contribution in [3.63, 3.8) is 0 Å². The van der Waals surface area contributed by atoms with Gasteiger partial charge in [-0.05, 0) is 5.56 Å². The lowest BCUT2D eigenvalue weighted by Crippen LogP contribution is -2.37. The molecular formula is C14H15N5O2. The molecule has 1 aromatic carbocycles. The summed E-state index contributed by atoms with van der Waals surface area (Å²) in [6.07, 6.45) is 4.25. The molecule has 0 radical (unpaired) electrons. The monoisotopic (exact) mass is 285 g/mol. The van der Waals surface area contributed by atoms with Crippen molar-refractivity contribution < 1.29 is 9.90 Å². The molecule has 0 aliphatic rings. The van der Waals surface area contributed by atoms with Crippen LogP contribution >= 0.6 is 0 Å². The van der Waals surface area contributed by atoms with Crippen LogP contribution in [0.2, 0.25) is 0 Å². The minimum absolute atomic E-state index is 0.121. The molecule has 7 nitrogen and oxygen atoms in total. The average Bonchev–Trinajstić information content (AvgIpc) is 2.98. The van der Waals surface area contributed by atoms with Gasteiger partial charge in [-0.1, -0.05) is 36.4 Å². The third-order valence-electron chi connectivity index (χ3n) is 2.66. The van der Waals surface area contributed by atoms with E-state index in [-0.39, 0.29) is 5.84 Å². The molecule has 7 heteroatoms. The SMILES string of the molecule is C=CCN(Cc1ccccc1)/C(=N/n1cncn1)C(=O)O. The highest BCUT2D eigenvalue weighted by Crippen LogP contribution is 2.06. The van der Waals surface area contributed by atoms with Crippen molar-refractivity contribution in [3.05, 3.63) is 61.2 Å². The van der Waals surface area contributed by atoms with Crippen LogP contribution in [-0.4, -0.2) is 43.2 Å². The second-order valence-corrected chi connectivity index (χ2v) is 4.20. The first-order chi connectivity index (χ1) is 10.2. The van der Waals surface area contributed by atoms with Crippen LogP contribution in [0, 0.1) is 0 Å². The van der Waals surface area contributed by atoms with Crippen molar-refractivity contribution in [1.82, 2.24) is 19.8 Å². The smallest absolute Gasteiger partial charge is 0.373 e. The molecule has 2 aromatic rings. The lowest BCUT2D eigenvalue weighted by atomic mass is 10.2. The highest BCUT2D eigenvalue weighted by molar-refractivity contribution is 6.34. The van der Waals surface area contributed by atoms with Gasteiger partial charge in [0.15, 0.2) is 0 Å². The Hall–Kier alpha value is -2.96. The van der Waals surface area contributed by atoms with Gasteiger partial charge >= 0.3 is 5.97 Å². The molecule has 0 amide bonds. The van der Waals surface area contributed by atoms with Gasteiger partial charge in [-0.15, -0.1) is 21.6 Å². The number of amidine groups is 1. The van der Waals surface area contributed by atoms with Crippen LogP contribution in [0.3, 0.4) is 0 Å². The molecule has 2 rings (SSSR count). The molecule has 0 spiro atoms. The van der Waals surface area contributed by atoms with E-state index in [2.05, 4.69) is 21.8 Å². The first-order valence-electron chi connectivity index (χ1n) is 6.27. The van der Waals surface area contributed by atoms with Crippen LogP contribution < -0.4 is 0 Å². The fourth-order valence-electron chi connectivity index (χ4n) is 1.78. The Morgan fingerprint density at radius 1 is 1.43 bits per heavy atom. The quantitative estimate of drug-likeness (QED) is 0.507. The van der Waals surface area contributed by atoms with Gasteiger partial charge in [0.2, 0.25) is 5.84 Å². The summed E-state index contributed by atoms with van der Waals surface area (Å²) in [6.45, 7) is 4.42. The number of aliphatic carboxylic acids is 1. The minimum Gasteiger partial charge on any atom is -0.475 e. The first-order valence-corrected chi connectivity index (χ1v) is 6.27. The van der Waals surface area contributed by atoms with E-state index in [1.807, 2.05) is 30.3 Å². The summed E-state index contributed by atoms with van der Waals surface area (Å²) >= 11 is 0. The Bertz CT molecular complexity index is 622. The van der Waals surface area contributed by atoms with E-state index in [0.717, 1.165) is 10.4 Å². The highest BCUT2D eigenvalue weighted by atomic mass is 16.4. The number of benzene rings is 1. The molecule has 108 valence electrons. The number of carboxylic acid groups (broad SMARTS) is 1. The number of aromatic nitrogens is 3. The maximum atomic E-state index is 11.5. The molecule has 0 fully saturated rings. The summed E-state index contributed by atoms with van der Waals surface area (Å²) in [7, 11) is 0. The fourth-order valence-corrected chi connectivity index (χ4v) is 1.78. The molecule has 1 N–H and O–H groups in total. The van der Waals surface area contributed by atoms with Crippen LogP contribution in [-0.2, 0) is 11.3 Å². The Balaban J connectivity index is 2.28. The van der Waals surface area contributed by atoms with Crippen LogP contribution in [0.15, 0.2) is 60.7 Å². The molecule has 0 atom stereocenters. The zero-order valence-corrected chi connectivity index (χ0v) is 11.3. The number of hydrogen-bond donors (Lipinski definition) is 1. The molecule has 0 aliphatic carbocycles. The summed E-state index contributed by atoms with van der Waals surface area (Å²) in [6, 6.07) is 9.55. The van der Waals surface area contributed by atoms with E-state index < -0.39 is 5.97 Å². The molecule has 1 aromatic heterocycles. The van der Waals surface area contributed by atoms with E-state index in [9.17, 15) is 9.90 Å². The first kappa shape index (κ1) is 14.4. The summed E-state index contributed by atoms with van der Waals surface area (Å²) < 4.78 is 0. The third kappa shape index (κ3) is 4.00. The van der Waals surface area contributed by atoms with Gasteiger partial charge in [0.05, 0.1) is 0 Å². The van der Waals surface area contributed by atoms with Crippen molar-refractivity contribution in [2.45, 2.75) is 6.54 Å². The normalized spacial score (nSPS) is 11.1. The van der Waals surface area contributed by atoms with Crippen LogP contribution in [0.4, 0.5) is 0 Å². The number of hydrogen-bond acceptors (Lipinski definition) is 4. The zero-order chi connectivity index (χ0) is 15.1. The molecular weight excluding hydrogens is 270 g/mol. The van der Waals surface area contributed by atoms with Gasteiger partial charge in [0.25, 0.3) is 0 Å². The summed E-state index contributed by atoms with van der Waals surface area (Å²) in [5.74, 6) is -1.26. The molecule has 0 unspecified atom stereocenters. The highest BCUT2D eigenvalue weighted by Gasteiger charge is 2.19. The molecule has 0 bridgehead atoms. The summed E-state index contributed by atoms with van der Waals surface area (Å²) in [5.41, 5.74) is 0.979. The molecule has 0 saturated heterocycles. The van der Waals surface area contributed by atoms with E-state index in [1.165, 1.54) is 12.7 Å². The Morgan fingerprint density at radius 2 is 2.19 bits per heavy atom. The van der Waals surface area contributed by atoms with E-state index >= 15 is 0 Å². The largest absolute Gasteiger partial charge is 0.475 e. The number of carboxylic acids is 1. The average molecular weight is 285 g/mol. The second-order valence-electron chi connectivity index (χ2n) is 4.20. The van der Waals surface area contributed by atoms with Gasteiger partial charge in [-0.3, -0.25) is 0 Å². The van der Waals surface area contributed by atoms with Crippen molar-refractivity contribution in [2.24, 2.45) is 5.10 Å². The summed E-state index contributed by atoms with van der Waals surface area (Å²) in [4.78, 5) is 17.9. The minimum atomic E-state index is -1.14. The maximum absolute atomic E-state index is 11.5. The van der Waals surface area contributed by atoms with Gasteiger partial charge in [-0.25, -0.2) is 9.78 Å². The van der Waals surface area contributed by atoms with E-state index in [4.69, 9.17) is 0 Å². The topological polar surface area (TPSA) is 83.6 Å². The number of rotatable bonds is 5. The lowest BCUT2D eigenvalue weighted by molar-refractivity contribution is -0.130. The molecule has 21 heavy (non-hydrogen) atoms. The van der Waals surface area contributed by atoms with E-state index in [1.54, 1.807) is 11.0 Å². The van der Waals surface area contributed by atoms with Crippen LogP contribution in [0.5, 0.6) is 0 Å². The summed E-state index contributed by atoms with van der Waals surface area (Å²) in [5, 5.41) is 17.1. The standard InChI is InChI=1S/C14H15N5O2/c1-2-8-18(9-12-6-4-3-5-7-12)13(14(20)21)17-19-11-15-10-16-19/h2-7,10-11H,1,8-9H2,(H,20,21)/b17-13+. The van der Waals surface area contributed by atoms with Gasteiger partial charge in [0.1, 0.15) is 12.7 Å². The third-order valence-corrected chi connectivity index (χ3v) is 2.66. The van der Waals surface area contributed by atoms with Crippen LogP contribution in [0.1, 0.15) is 5.56 Å². The Labute approximate surface area is 121 Å². The van der Waals surface area contributed by atoms with Gasteiger partial charge in [-0.2, -0.15) is 0 Å². The Morgan fingerprint density at radius 3 is 2.76 bits per heavy atom. The van der Waals surface area contributed by atoms with Gasteiger partial charge < -0.3 is 10.0 Å². The zero-order valence-electron chi connectivity index (χ0n) is 11.3. The van der Waals surface area contributed by atoms with Crippen molar-refractivity contribution in [3.8, 4) is 0 Å². The predicted octanol–water partition coefficient (Wildman–Crippen LogP) is 1.21. The number of nitrogens with zero attached hydrogens (tertiary/aromatic N) is 5. The Kier molecular flexibility index (Phi) is 4.81. The van der Waals surface area contributed by atoms with Crippen molar-refractivity contribution >= 4 is 11.8 Å².